The normalized spacial score (nSPS) is 16.7. The van der Waals surface area contributed by atoms with Crippen molar-refractivity contribution in [3.8, 4) is 11.3 Å². The highest BCUT2D eigenvalue weighted by atomic mass is 35.5. The van der Waals surface area contributed by atoms with E-state index < -0.39 is 0 Å². The second-order valence-electron chi connectivity index (χ2n) is 6.40. The minimum Gasteiger partial charge on any atom is -0.376 e. The van der Waals surface area contributed by atoms with E-state index in [1.165, 1.54) is 0 Å². The highest BCUT2D eigenvalue weighted by Gasteiger charge is 2.18. The van der Waals surface area contributed by atoms with Crippen LogP contribution in [0.3, 0.4) is 0 Å². The first-order chi connectivity index (χ1) is 12.7. The zero-order valence-corrected chi connectivity index (χ0v) is 15.0. The third-order valence-corrected chi connectivity index (χ3v) is 4.84. The first-order valence-electron chi connectivity index (χ1n) is 8.74. The van der Waals surface area contributed by atoms with Crippen molar-refractivity contribution in [2.45, 2.75) is 18.9 Å². The van der Waals surface area contributed by atoms with Crippen molar-refractivity contribution in [2.75, 3.05) is 18.5 Å². The van der Waals surface area contributed by atoms with E-state index in [4.69, 9.17) is 16.3 Å². The fraction of sp³-hybridized carbons (Fsp3) is 0.250. The van der Waals surface area contributed by atoms with Gasteiger partial charge in [-0.25, -0.2) is 4.79 Å². The molecule has 1 aliphatic heterocycles. The molecule has 1 saturated heterocycles. The van der Waals surface area contributed by atoms with Crippen LogP contribution in [0.15, 0.2) is 48.5 Å². The molecule has 3 aromatic rings. The summed E-state index contributed by atoms with van der Waals surface area (Å²) in [6.07, 6.45) is 2.15. The molecule has 1 aliphatic rings. The molecule has 0 bridgehead atoms. The van der Waals surface area contributed by atoms with Crippen LogP contribution in [-0.2, 0) is 4.74 Å². The van der Waals surface area contributed by atoms with Crippen LogP contribution in [0.5, 0.6) is 0 Å². The highest BCUT2D eigenvalue weighted by molar-refractivity contribution is 6.30. The Hall–Kier alpha value is -2.50. The molecule has 0 radical (unpaired) electrons. The summed E-state index contributed by atoms with van der Waals surface area (Å²) in [5, 5.41) is 7.54. The number of anilines is 1. The van der Waals surface area contributed by atoms with Gasteiger partial charge in [0.1, 0.15) is 0 Å². The van der Waals surface area contributed by atoms with E-state index in [0.717, 1.165) is 47.3 Å². The minimum absolute atomic E-state index is 0.111. The van der Waals surface area contributed by atoms with Gasteiger partial charge in [-0.2, -0.15) is 0 Å². The predicted molar refractivity (Wildman–Crippen MR) is 105 cm³/mol. The number of halogens is 1. The second kappa shape index (κ2) is 7.40. The standard InChI is InChI=1S/C20H20ClN3O2/c21-14-9-7-13(8-10-14)18-19(16-5-1-2-6-17(16)23-18)24-20(25)22-12-15-4-3-11-26-15/h1-2,5-10,15,23H,3-4,11-12H2,(H2,22,24,25)/t15-/m1/s1. The SMILES string of the molecule is O=C(NC[C@H]1CCCO1)Nc1c(-c2ccc(Cl)cc2)[nH]c2ccccc12. The van der Waals surface area contributed by atoms with Crippen LogP contribution in [0.2, 0.25) is 5.02 Å². The Kier molecular flexibility index (Phi) is 4.82. The number of nitrogens with one attached hydrogen (secondary N) is 3. The number of fused-ring (bicyclic) bond motifs is 1. The quantitative estimate of drug-likeness (QED) is 0.619. The highest BCUT2D eigenvalue weighted by Crippen LogP contribution is 2.35. The molecule has 26 heavy (non-hydrogen) atoms. The number of hydrogen-bond donors (Lipinski definition) is 3. The Bertz CT molecular complexity index is 914. The fourth-order valence-corrected chi connectivity index (χ4v) is 3.40. The average molecular weight is 370 g/mol. The van der Waals surface area contributed by atoms with E-state index in [2.05, 4.69) is 15.6 Å². The van der Waals surface area contributed by atoms with Gasteiger partial charge in [-0.3, -0.25) is 0 Å². The van der Waals surface area contributed by atoms with Crippen LogP contribution in [0.4, 0.5) is 10.5 Å². The van der Waals surface area contributed by atoms with Crippen molar-refractivity contribution in [1.82, 2.24) is 10.3 Å². The zero-order valence-electron chi connectivity index (χ0n) is 14.2. The molecule has 4 rings (SSSR count). The van der Waals surface area contributed by atoms with Gasteiger partial charge in [0, 0.05) is 34.6 Å². The molecular weight excluding hydrogens is 350 g/mol. The molecule has 2 amide bonds. The van der Waals surface area contributed by atoms with Crippen LogP contribution < -0.4 is 10.6 Å². The molecule has 1 atom stereocenters. The summed E-state index contributed by atoms with van der Waals surface area (Å²) in [6.45, 7) is 1.29. The lowest BCUT2D eigenvalue weighted by molar-refractivity contribution is 0.112. The van der Waals surface area contributed by atoms with E-state index in [0.29, 0.717) is 11.6 Å². The molecule has 3 N–H and O–H groups in total. The van der Waals surface area contributed by atoms with Crippen molar-refractivity contribution < 1.29 is 9.53 Å². The van der Waals surface area contributed by atoms with Gasteiger partial charge in [0.15, 0.2) is 0 Å². The maximum Gasteiger partial charge on any atom is 0.319 e. The number of rotatable bonds is 4. The summed E-state index contributed by atoms with van der Waals surface area (Å²) in [7, 11) is 0. The van der Waals surface area contributed by atoms with Crippen molar-refractivity contribution >= 4 is 34.2 Å². The van der Waals surface area contributed by atoms with Crippen molar-refractivity contribution in [3.63, 3.8) is 0 Å². The summed E-state index contributed by atoms with van der Waals surface area (Å²) in [6, 6.07) is 15.2. The van der Waals surface area contributed by atoms with Crippen LogP contribution in [-0.4, -0.2) is 30.3 Å². The third-order valence-electron chi connectivity index (χ3n) is 4.59. The van der Waals surface area contributed by atoms with Gasteiger partial charge in [-0.15, -0.1) is 0 Å². The number of hydrogen-bond acceptors (Lipinski definition) is 2. The number of H-pyrrole nitrogens is 1. The van der Waals surface area contributed by atoms with Gasteiger partial charge in [0.05, 0.1) is 17.5 Å². The number of urea groups is 1. The molecule has 2 heterocycles. The van der Waals surface area contributed by atoms with Gasteiger partial charge in [-0.1, -0.05) is 41.9 Å². The monoisotopic (exact) mass is 369 g/mol. The fourth-order valence-electron chi connectivity index (χ4n) is 3.27. The van der Waals surface area contributed by atoms with Crippen molar-refractivity contribution in [3.05, 3.63) is 53.6 Å². The summed E-state index contributed by atoms with van der Waals surface area (Å²) < 4.78 is 5.55. The number of carbonyl (C=O) groups is 1. The minimum atomic E-state index is -0.236. The summed E-state index contributed by atoms with van der Waals surface area (Å²) in [4.78, 5) is 15.8. The van der Waals surface area contributed by atoms with Gasteiger partial charge in [0.25, 0.3) is 0 Å². The van der Waals surface area contributed by atoms with E-state index in [9.17, 15) is 4.79 Å². The number of ether oxygens (including phenoxy) is 1. The summed E-state index contributed by atoms with van der Waals surface area (Å²) in [5.74, 6) is 0. The van der Waals surface area contributed by atoms with E-state index >= 15 is 0 Å². The number of para-hydroxylation sites is 1. The molecule has 0 saturated carbocycles. The topological polar surface area (TPSA) is 66.2 Å². The molecule has 0 aliphatic carbocycles. The Morgan fingerprint density at radius 3 is 2.77 bits per heavy atom. The summed E-state index contributed by atoms with van der Waals surface area (Å²) in [5.41, 5.74) is 3.54. The largest absolute Gasteiger partial charge is 0.376 e. The predicted octanol–water partition coefficient (Wildman–Crippen LogP) is 4.79. The molecule has 1 aromatic heterocycles. The number of aromatic amines is 1. The lowest BCUT2D eigenvalue weighted by atomic mass is 10.1. The van der Waals surface area contributed by atoms with Gasteiger partial charge < -0.3 is 20.4 Å². The van der Waals surface area contributed by atoms with Gasteiger partial charge in [0.2, 0.25) is 0 Å². The lowest BCUT2D eigenvalue weighted by Crippen LogP contribution is -2.35. The first-order valence-corrected chi connectivity index (χ1v) is 9.11. The van der Waals surface area contributed by atoms with Crippen LogP contribution in [0.1, 0.15) is 12.8 Å². The van der Waals surface area contributed by atoms with E-state index in [1.807, 2.05) is 48.5 Å². The van der Waals surface area contributed by atoms with Crippen molar-refractivity contribution in [1.29, 1.82) is 0 Å². The Labute approximate surface area is 156 Å². The molecule has 5 nitrogen and oxygen atoms in total. The van der Waals surface area contributed by atoms with Crippen LogP contribution >= 0.6 is 11.6 Å². The Morgan fingerprint density at radius 1 is 1.19 bits per heavy atom. The van der Waals surface area contributed by atoms with Crippen LogP contribution in [0, 0.1) is 0 Å². The molecule has 1 fully saturated rings. The van der Waals surface area contributed by atoms with Crippen molar-refractivity contribution in [2.24, 2.45) is 0 Å². The number of carbonyl (C=O) groups excluding carboxylic acids is 1. The smallest absolute Gasteiger partial charge is 0.319 e. The average Bonchev–Trinajstić information content (AvgIpc) is 3.29. The van der Waals surface area contributed by atoms with E-state index in [-0.39, 0.29) is 12.1 Å². The Balaban J connectivity index is 1.60. The Morgan fingerprint density at radius 2 is 2.00 bits per heavy atom. The molecule has 2 aromatic carbocycles. The molecular formula is C20H20ClN3O2. The van der Waals surface area contributed by atoms with Gasteiger partial charge >= 0.3 is 6.03 Å². The molecule has 0 spiro atoms. The molecule has 6 heteroatoms. The zero-order chi connectivity index (χ0) is 17.9. The molecule has 134 valence electrons. The van der Waals surface area contributed by atoms with Crippen LogP contribution in [0.25, 0.3) is 22.2 Å². The maximum absolute atomic E-state index is 12.4. The second-order valence-corrected chi connectivity index (χ2v) is 6.83. The number of benzene rings is 2. The molecule has 0 unspecified atom stereocenters. The third kappa shape index (κ3) is 3.54. The lowest BCUT2D eigenvalue weighted by Gasteiger charge is -2.12. The summed E-state index contributed by atoms with van der Waals surface area (Å²) >= 11 is 6.00. The van der Waals surface area contributed by atoms with E-state index in [1.54, 1.807) is 0 Å². The number of amides is 2. The van der Waals surface area contributed by atoms with Gasteiger partial charge in [-0.05, 0) is 31.0 Å². The number of aromatic nitrogens is 1. The first kappa shape index (κ1) is 16.9. The maximum atomic E-state index is 12.4.